The van der Waals surface area contributed by atoms with Gasteiger partial charge >= 0.3 is 0 Å². The molecule has 26 heavy (non-hydrogen) atoms. The number of hydrogen-bond acceptors (Lipinski definition) is 3. The van der Waals surface area contributed by atoms with E-state index >= 15 is 0 Å². The maximum absolute atomic E-state index is 12.9. The third kappa shape index (κ3) is 2.24. The minimum absolute atomic E-state index is 0.160. The van der Waals surface area contributed by atoms with Gasteiger partial charge in [-0.25, -0.2) is 0 Å². The van der Waals surface area contributed by atoms with Crippen molar-refractivity contribution in [2.24, 2.45) is 35.5 Å². The average molecular weight is 415 g/mol. The van der Waals surface area contributed by atoms with E-state index in [4.69, 9.17) is 0 Å². The Morgan fingerprint density at radius 2 is 1.77 bits per heavy atom. The van der Waals surface area contributed by atoms with Crippen LogP contribution in [0.1, 0.15) is 12.0 Å². The number of carbonyl (C=O) groups is 3. The van der Waals surface area contributed by atoms with E-state index < -0.39 is 0 Å². The van der Waals surface area contributed by atoms with Crippen LogP contribution in [-0.4, -0.2) is 29.2 Å². The number of aryl methyl sites for hydroxylation is 1. The lowest BCUT2D eigenvalue weighted by Crippen LogP contribution is -2.40. The summed E-state index contributed by atoms with van der Waals surface area (Å²) in [5.74, 6) is 0.374. The molecule has 4 aliphatic carbocycles. The lowest BCUT2D eigenvalue weighted by Gasteiger charge is -2.37. The van der Waals surface area contributed by atoms with E-state index in [0.717, 1.165) is 16.5 Å². The number of nitrogens with zero attached hydrogens (tertiary/aromatic N) is 1. The van der Waals surface area contributed by atoms with Crippen LogP contribution in [0, 0.1) is 42.4 Å². The van der Waals surface area contributed by atoms with Gasteiger partial charge in [0.15, 0.2) is 0 Å². The lowest BCUT2D eigenvalue weighted by molar-refractivity contribution is -0.142. The fraction of sp³-hybridized carbons (Fsp3) is 0.450. The fourth-order valence-corrected chi connectivity index (χ4v) is 5.75. The highest BCUT2D eigenvalue weighted by molar-refractivity contribution is 9.10. The largest absolute Gasteiger partial charge is 0.324 e. The molecule has 1 aromatic carbocycles. The molecule has 1 heterocycles. The van der Waals surface area contributed by atoms with Gasteiger partial charge in [0, 0.05) is 10.2 Å². The predicted octanol–water partition coefficient (Wildman–Crippen LogP) is 2.75. The van der Waals surface area contributed by atoms with Crippen LogP contribution in [0.3, 0.4) is 0 Å². The zero-order valence-corrected chi connectivity index (χ0v) is 15.9. The number of likely N-dealkylation sites (tertiary alicyclic amines) is 1. The Kier molecular flexibility index (Phi) is 3.45. The van der Waals surface area contributed by atoms with Crippen LogP contribution in [0.25, 0.3) is 0 Å². The normalized spacial score (nSPS) is 36.2. The van der Waals surface area contributed by atoms with Crippen molar-refractivity contribution in [3.05, 3.63) is 40.4 Å². The second kappa shape index (κ2) is 5.52. The monoisotopic (exact) mass is 414 g/mol. The fourth-order valence-electron chi connectivity index (χ4n) is 5.28. The summed E-state index contributed by atoms with van der Waals surface area (Å²) in [6.45, 7) is 1.70. The van der Waals surface area contributed by atoms with E-state index in [9.17, 15) is 14.4 Å². The summed E-state index contributed by atoms with van der Waals surface area (Å²) in [6, 6.07) is 5.56. The summed E-state index contributed by atoms with van der Waals surface area (Å²) in [4.78, 5) is 39.4. The summed E-state index contributed by atoms with van der Waals surface area (Å²) < 4.78 is 0.934. The highest BCUT2D eigenvalue weighted by Crippen LogP contribution is 2.65. The molecule has 1 saturated heterocycles. The van der Waals surface area contributed by atoms with Gasteiger partial charge in [-0.2, -0.15) is 0 Å². The molecule has 1 aliphatic heterocycles. The molecule has 6 heteroatoms. The molecule has 134 valence electrons. The summed E-state index contributed by atoms with van der Waals surface area (Å²) >= 11 is 3.39. The van der Waals surface area contributed by atoms with Gasteiger partial charge in [-0.05, 0) is 60.8 Å². The Morgan fingerprint density at radius 1 is 1.15 bits per heavy atom. The van der Waals surface area contributed by atoms with E-state index in [2.05, 4.69) is 33.4 Å². The van der Waals surface area contributed by atoms with E-state index in [1.54, 1.807) is 0 Å². The van der Waals surface area contributed by atoms with E-state index in [1.165, 1.54) is 4.90 Å². The Labute approximate surface area is 159 Å². The lowest BCUT2D eigenvalue weighted by atomic mass is 9.63. The number of amides is 3. The van der Waals surface area contributed by atoms with Gasteiger partial charge in [-0.3, -0.25) is 19.3 Å². The van der Waals surface area contributed by atoms with E-state index in [1.807, 2.05) is 25.1 Å². The molecule has 2 bridgehead atoms. The number of anilines is 1. The molecular weight excluding hydrogens is 396 g/mol. The maximum atomic E-state index is 12.9. The van der Waals surface area contributed by atoms with Crippen LogP contribution >= 0.6 is 15.9 Å². The van der Waals surface area contributed by atoms with Crippen LogP contribution in [0.15, 0.2) is 34.8 Å². The van der Waals surface area contributed by atoms with Crippen LogP contribution in [0.2, 0.25) is 0 Å². The number of benzene rings is 1. The predicted molar refractivity (Wildman–Crippen MR) is 98.9 cm³/mol. The molecule has 3 amide bonds. The summed E-state index contributed by atoms with van der Waals surface area (Å²) in [5.41, 5.74) is 1.61. The Morgan fingerprint density at radius 3 is 2.35 bits per heavy atom. The van der Waals surface area contributed by atoms with Gasteiger partial charge < -0.3 is 5.32 Å². The maximum Gasteiger partial charge on any atom is 0.244 e. The molecular formula is C20H19BrN2O3. The second-order valence-electron chi connectivity index (χ2n) is 7.92. The number of nitrogens with one attached hydrogen (secondary N) is 1. The first kappa shape index (κ1) is 16.2. The van der Waals surface area contributed by atoms with Crippen LogP contribution in [0.4, 0.5) is 5.69 Å². The molecule has 0 spiro atoms. The van der Waals surface area contributed by atoms with Gasteiger partial charge in [0.2, 0.25) is 17.7 Å². The first-order chi connectivity index (χ1) is 12.5. The summed E-state index contributed by atoms with van der Waals surface area (Å²) in [5, 5.41) is 2.82. The smallest absolute Gasteiger partial charge is 0.244 e. The molecule has 6 atom stereocenters. The highest BCUT2D eigenvalue weighted by Gasteiger charge is 2.67. The first-order valence-electron chi connectivity index (χ1n) is 9.05. The minimum Gasteiger partial charge on any atom is -0.324 e. The Bertz CT molecular complexity index is 844. The highest BCUT2D eigenvalue weighted by atomic mass is 79.9. The quantitative estimate of drug-likeness (QED) is 0.610. The standard InChI is InChI=1S/C20H19BrN2O3/c1-9-6-10(21)2-5-15(9)22-16(24)8-23-19(25)17-11-3-4-12(14-7-13(11)14)18(17)20(23)26/h2-6,11-14,17-18H,7-8H2,1H3,(H,22,24). The molecule has 0 aromatic heterocycles. The minimum atomic E-state index is -0.332. The molecule has 5 nitrogen and oxygen atoms in total. The molecule has 1 N–H and O–H groups in total. The number of hydrogen-bond donors (Lipinski definition) is 1. The molecule has 3 fully saturated rings. The zero-order chi connectivity index (χ0) is 18.2. The van der Waals surface area contributed by atoms with Crippen molar-refractivity contribution in [1.82, 2.24) is 4.90 Å². The van der Waals surface area contributed by atoms with Gasteiger partial charge in [0.25, 0.3) is 0 Å². The molecule has 2 saturated carbocycles. The SMILES string of the molecule is Cc1cc(Br)ccc1NC(=O)CN1C(=O)C2C3C=CC(C4CC34)C2C1=O. The van der Waals surface area contributed by atoms with Gasteiger partial charge in [0.1, 0.15) is 6.54 Å². The number of halogens is 1. The summed E-state index contributed by atoms with van der Waals surface area (Å²) in [7, 11) is 0. The third-order valence-corrected chi connectivity index (χ3v) is 7.01. The van der Waals surface area contributed by atoms with Crippen LogP contribution in [0.5, 0.6) is 0 Å². The molecule has 5 aliphatic rings. The van der Waals surface area contributed by atoms with E-state index in [-0.39, 0.29) is 47.9 Å². The third-order valence-electron chi connectivity index (χ3n) is 6.52. The number of rotatable bonds is 3. The summed E-state index contributed by atoms with van der Waals surface area (Å²) in [6.07, 6.45) is 5.42. The van der Waals surface area contributed by atoms with Gasteiger partial charge in [-0.1, -0.05) is 28.1 Å². The van der Waals surface area contributed by atoms with Crippen molar-refractivity contribution in [2.45, 2.75) is 13.3 Å². The second-order valence-corrected chi connectivity index (χ2v) is 8.84. The van der Waals surface area contributed by atoms with Gasteiger partial charge in [-0.15, -0.1) is 0 Å². The van der Waals surface area contributed by atoms with Crippen molar-refractivity contribution in [2.75, 3.05) is 11.9 Å². The van der Waals surface area contributed by atoms with Crippen molar-refractivity contribution in [1.29, 1.82) is 0 Å². The number of allylic oxidation sites excluding steroid dienone is 2. The molecule has 6 rings (SSSR count). The van der Waals surface area contributed by atoms with Crippen molar-refractivity contribution >= 4 is 39.3 Å². The van der Waals surface area contributed by atoms with Crippen molar-refractivity contribution in [3.63, 3.8) is 0 Å². The topological polar surface area (TPSA) is 66.5 Å². The Balaban J connectivity index is 1.33. The average Bonchev–Trinajstić information content (AvgIpc) is 3.39. The van der Waals surface area contributed by atoms with Crippen molar-refractivity contribution in [3.8, 4) is 0 Å². The van der Waals surface area contributed by atoms with Gasteiger partial charge in [0.05, 0.1) is 11.8 Å². The van der Waals surface area contributed by atoms with Crippen LogP contribution < -0.4 is 5.32 Å². The van der Waals surface area contributed by atoms with Crippen LogP contribution in [-0.2, 0) is 14.4 Å². The molecule has 6 unspecified atom stereocenters. The van der Waals surface area contributed by atoms with E-state index in [0.29, 0.717) is 17.5 Å². The zero-order valence-electron chi connectivity index (χ0n) is 14.3. The number of imide groups is 1. The number of carbonyl (C=O) groups excluding carboxylic acids is 3. The molecule has 0 radical (unpaired) electrons. The van der Waals surface area contributed by atoms with Crippen molar-refractivity contribution < 1.29 is 14.4 Å². The molecule has 1 aromatic rings. The first-order valence-corrected chi connectivity index (χ1v) is 9.84. The Hall–Kier alpha value is -1.95.